The van der Waals surface area contributed by atoms with Gasteiger partial charge in [0.05, 0.1) is 11.3 Å². The molecule has 3 N–H and O–H groups in total. The Morgan fingerprint density at radius 2 is 1.83 bits per heavy atom. The van der Waals surface area contributed by atoms with E-state index in [-0.39, 0.29) is 58.6 Å². The van der Waals surface area contributed by atoms with Gasteiger partial charge in [-0.3, -0.25) is 10.1 Å². The topological polar surface area (TPSA) is 126 Å². The van der Waals surface area contributed by atoms with Gasteiger partial charge in [-0.05, 0) is 23.6 Å². The number of rotatable bonds is 3. The van der Waals surface area contributed by atoms with Crippen LogP contribution < -0.4 is 24.8 Å². The van der Waals surface area contributed by atoms with Crippen LogP contribution in [-0.4, -0.2) is 56.9 Å². The Kier molecular flexibility index (Phi) is 6.40. The fourth-order valence-electron chi connectivity index (χ4n) is 3.43. The molecule has 4 rings (SSSR count). The lowest BCUT2D eigenvalue weighted by molar-refractivity contribution is -0.286. The third-order valence-electron chi connectivity index (χ3n) is 5.21. The van der Waals surface area contributed by atoms with Gasteiger partial charge in [0, 0.05) is 36.3 Å². The zero-order valence-electron chi connectivity index (χ0n) is 19.1. The standard InChI is InChI=1S/C21H24F2N4O6S2/c1-20(2,3)16-11-13(18(28)27-7-6-24-35(30,31)9-8-27)17(34-16)26-19(29)25-12-4-5-14-15(10-12)33-21(22,23)32-14/h4-5,10-11,24H,6-9H2,1-3H3,(H2,25,26,29). The van der Waals surface area contributed by atoms with E-state index in [0.717, 1.165) is 4.88 Å². The van der Waals surface area contributed by atoms with E-state index in [0.29, 0.717) is 0 Å². The van der Waals surface area contributed by atoms with Crippen molar-refractivity contribution in [2.75, 3.05) is 36.0 Å². The number of carbonyl (C=O) groups is 2. The molecular formula is C21H24F2N4O6S2. The minimum absolute atomic E-state index is 0.0162. The molecule has 2 aliphatic heterocycles. The first-order chi connectivity index (χ1) is 16.2. The molecule has 0 aliphatic carbocycles. The predicted molar refractivity (Wildman–Crippen MR) is 126 cm³/mol. The van der Waals surface area contributed by atoms with Gasteiger partial charge in [0.15, 0.2) is 11.5 Å². The number of alkyl halides is 2. The molecule has 0 saturated carbocycles. The summed E-state index contributed by atoms with van der Waals surface area (Å²) in [5, 5.41) is 5.46. The van der Waals surface area contributed by atoms with Crippen LogP contribution in [0.1, 0.15) is 36.0 Å². The second-order valence-corrected chi connectivity index (χ2v) is 12.0. The van der Waals surface area contributed by atoms with Crippen LogP contribution in [0, 0.1) is 0 Å². The molecule has 2 aliphatic rings. The zero-order valence-corrected chi connectivity index (χ0v) is 20.7. The predicted octanol–water partition coefficient (Wildman–Crippen LogP) is 3.39. The van der Waals surface area contributed by atoms with Crippen molar-refractivity contribution in [2.24, 2.45) is 0 Å². The van der Waals surface area contributed by atoms with Crippen LogP contribution in [0.4, 0.5) is 24.3 Å². The minimum atomic E-state index is -3.78. The number of nitrogens with one attached hydrogen (secondary N) is 3. The average Bonchev–Trinajstić information content (AvgIpc) is 3.22. The second kappa shape index (κ2) is 8.91. The van der Waals surface area contributed by atoms with Gasteiger partial charge in [-0.25, -0.2) is 17.9 Å². The third kappa shape index (κ3) is 5.82. The molecule has 1 fully saturated rings. The summed E-state index contributed by atoms with van der Waals surface area (Å²) in [4.78, 5) is 28.3. The number of amides is 3. The molecule has 10 nitrogen and oxygen atoms in total. The molecule has 35 heavy (non-hydrogen) atoms. The SMILES string of the molecule is CC(C)(C)c1cc(C(=O)N2CCNS(=O)(=O)CC2)c(NC(=O)Nc2ccc3c(c2)OC(F)(F)O3)s1. The van der Waals surface area contributed by atoms with Crippen molar-refractivity contribution in [3.8, 4) is 11.5 Å². The highest BCUT2D eigenvalue weighted by atomic mass is 32.2. The number of ether oxygens (including phenoxy) is 2. The van der Waals surface area contributed by atoms with Crippen molar-refractivity contribution >= 4 is 44.0 Å². The van der Waals surface area contributed by atoms with E-state index in [1.807, 2.05) is 20.8 Å². The van der Waals surface area contributed by atoms with Crippen LogP contribution in [0.25, 0.3) is 0 Å². The van der Waals surface area contributed by atoms with E-state index < -0.39 is 28.3 Å². The third-order valence-corrected chi connectivity index (χ3v) is 8.05. The molecule has 1 aromatic carbocycles. The highest BCUT2D eigenvalue weighted by Gasteiger charge is 2.43. The average molecular weight is 531 g/mol. The highest BCUT2D eigenvalue weighted by Crippen LogP contribution is 2.42. The number of hydrogen-bond acceptors (Lipinski definition) is 7. The molecular weight excluding hydrogens is 506 g/mol. The minimum Gasteiger partial charge on any atom is -0.395 e. The van der Waals surface area contributed by atoms with Gasteiger partial charge >= 0.3 is 12.3 Å². The van der Waals surface area contributed by atoms with Gasteiger partial charge in [-0.1, -0.05) is 20.8 Å². The van der Waals surface area contributed by atoms with Crippen LogP contribution in [0.15, 0.2) is 24.3 Å². The normalized spacial score (nSPS) is 18.6. The van der Waals surface area contributed by atoms with E-state index in [1.165, 1.54) is 34.4 Å². The number of urea groups is 1. The molecule has 0 radical (unpaired) electrons. The molecule has 3 heterocycles. The highest BCUT2D eigenvalue weighted by molar-refractivity contribution is 7.89. The van der Waals surface area contributed by atoms with Gasteiger partial charge in [-0.15, -0.1) is 20.1 Å². The first kappa shape index (κ1) is 25.1. The quantitative estimate of drug-likeness (QED) is 0.559. The van der Waals surface area contributed by atoms with Gasteiger partial charge in [0.1, 0.15) is 5.00 Å². The maximum Gasteiger partial charge on any atom is 0.586 e. The number of benzene rings is 1. The smallest absolute Gasteiger partial charge is 0.395 e. The molecule has 3 amide bonds. The van der Waals surface area contributed by atoms with Crippen LogP contribution in [0.5, 0.6) is 11.5 Å². The van der Waals surface area contributed by atoms with Gasteiger partial charge in [-0.2, -0.15) is 0 Å². The number of nitrogens with zero attached hydrogens (tertiary/aromatic N) is 1. The summed E-state index contributed by atoms with van der Waals surface area (Å²) in [6.45, 7) is 6.18. The Morgan fingerprint density at radius 3 is 2.54 bits per heavy atom. The van der Waals surface area contributed by atoms with Gasteiger partial charge < -0.3 is 19.7 Å². The summed E-state index contributed by atoms with van der Waals surface area (Å²) in [5.41, 5.74) is 0.0917. The summed E-state index contributed by atoms with van der Waals surface area (Å²) in [6, 6.07) is 4.80. The van der Waals surface area contributed by atoms with Crippen molar-refractivity contribution < 1.29 is 36.3 Å². The van der Waals surface area contributed by atoms with Crippen LogP contribution in [-0.2, 0) is 15.4 Å². The molecule has 2 aromatic rings. The number of fused-ring (bicyclic) bond motifs is 1. The number of hydrogen-bond donors (Lipinski definition) is 3. The van der Waals surface area contributed by atoms with Crippen molar-refractivity contribution in [3.05, 3.63) is 34.7 Å². The van der Waals surface area contributed by atoms with Crippen LogP contribution >= 0.6 is 11.3 Å². The fraction of sp³-hybridized carbons (Fsp3) is 0.429. The number of carbonyl (C=O) groups excluding carboxylic acids is 2. The molecule has 0 unspecified atom stereocenters. The summed E-state index contributed by atoms with van der Waals surface area (Å²) in [5.74, 6) is -1.01. The summed E-state index contributed by atoms with van der Waals surface area (Å²) in [6.07, 6.45) is -3.78. The molecule has 0 atom stereocenters. The maximum absolute atomic E-state index is 13.3. The number of thiophene rings is 1. The lowest BCUT2D eigenvalue weighted by Gasteiger charge is -2.19. The summed E-state index contributed by atoms with van der Waals surface area (Å²) < 4.78 is 61.3. The fourth-order valence-corrected chi connectivity index (χ4v) is 5.54. The molecule has 14 heteroatoms. The van der Waals surface area contributed by atoms with E-state index in [2.05, 4.69) is 24.8 Å². The second-order valence-electron chi connectivity index (χ2n) is 9.02. The molecule has 0 bridgehead atoms. The summed E-state index contributed by atoms with van der Waals surface area (Å²) >= 11 is 1.23. The zero-order chi connectivity index (χ0) is 25.6. The Bertz CT molecular complexity index is 1270. The lowest BCUT2D eigenvalue weighted by atomic mass is 9.94. The van der Waals surface area contributed by atoms with Crippen molar-refractivity contribution in [1.29, 1.82) is 0 Å². The first-order valence-electron chi connectivity index (χ1n) is 10.6. The van der Waals surface area contributed by atoms with E-state index in [9.17, 15) is 26.8 Å². The first-order valence-corrected chi connectivity index (χ1v) is 13.1. The Balaban J connectivity index is 1.54. The molecule has 0 spiro atoms. The Hall–Kier alpha value is -2.97. The Morgan fingerprint density at radius 1 is 1.11 bits per heavy atom. The summed E-state index contributed by atoms with van der Waals surface area (Å²) in [7, 11) is -3.45. The van der Waals surface area contributed by atoms with Crippen molar-refractivity contribution in [3.63, 3.8) is 0 Å². The molecule has 1 saturated heterocycles. The number of anilines is 2. The molecule has 190 valence electrons. The number of halogens is 2. The van der Waals surface area contributed by atoms with Gasteiger partial charge in [0.2, 0.25) is 10.0 Å². The monoisotopic (exact) mass is 530 g/mol. The maximum atomic E-state index is 13.3. The van der Waals surface area contributed by atoms with Gasteiger partial charge in [0.25, 0.3) is 5.91 Å². The van der Waals surface area contributed by atoms with E-state index >= 15 is 0 Å². The Labute approximate surface area is 204 Å². The van der Waals surface area contributed by atoms with Crippen LogP contribution in [0.3, 0.4) is 0 Å². The largest absolute Gasteiger partial charge is 0.586 e. The van der Waals surface area contributed by atoms with Crippen molar-refractivity contribution in [2.45, 2.75) is 32.5 Å². The van der Waals surface area contributed by atoms with E-state index in [1.54, 1.807) is 6.07 Å². The lowest BCUT2D eigenvalue weighted by Crippen LogP contribution is -2.35. The van der Waals surface area contributed by atoms with E-state index in [4.69, 9.17) is 0 Å². The van der Waals surface area contributed by atoms with Crippen molar-refractivity contribution in [1.82, 2.24) is 9.62 Å². The number of sulfonamides is 1. The molecule has 1 aromatic heterocycles. The van der Waals surface area contributed by atoms with Crippen LogP contribution in [0.2, 0.25) is 0 Å².